The second-order valence-electron chi connectivity index (χ2n) is 7.89. The minimum absolute atomic E-state index is 0.146. The van der Waals surface area contributed by atoms with Gasteiger partial charge < -0.3 is 10.2 Å². The second kappa shape index (κ2) is 6.43. The number of hydrogen-bond acceptors (Lipinski definition) is 5. The van der Waals surface area contributed by atoms with Crippen molar-refractivity contribution in [3.05, 3.63) is 84.7 Å². The second-order valence-corrected chi connectivity index (χ2v) is 7.89. The van der Waals surface area contributed by atoms with E-state index in [1.807, 2.05) is 47.5 Å². The molecule has 1 spiro atoms. The van der Waals surface area contributed by atoms with Crippen LogP contribution in [0.1, 0.15) is 11.3 Å². The molecule has 2 aliphatic rings. The average molecular weight is 393 g/mol. The largest absolute Gasteiger partial charge is 0.314 e. The fraction of sp³-hybridized carbons (Fsp3) is 0.167. The van der Waals surface area contributed by atoms with Crippen molar-refractivity contribution >= 4 is 22.4 Å². The molecule has 1 saturated heterocycles. The highest BCUT2D eigenvalue weighted by molar-refractivity contribution is 6.09. The molecule has 1 amide bonds. The van der Waals surface area contributed by atoms with Crippen LogP contribution in [-0.4, -0.2) is 33.9 Å². The van der Waals surface area contributed by atoms with E-state index in [4.69, 9.17) is 4.98 Å². The molecule has 0 saturated carbocycles. The van der Waals surface area contributed by atoms with Crippen LogP contribution in [0, 0.1) is 0 Å². The van der Waals surface area contributed by atoms with Crippen LogP contribution in [0.2, 0.25) is 0 Å². The Balaban J connectivity index is 1.51. The minimum atomic E-state index is -0.441. The third kappa shape index (κ3) is 2.34. The molecule has 2 aromatic heterocycles. The van der Waals surface area contributed by atoms with Crippen molar-refractivity contribution in [1.82, 2.24) is 20.3 Å². The molecule has 0 atom stereocenters. The Labute approximate surface area is 173 Å². The lowest BCUT2D eigenvalue weighted by Gasteiger charge is -2.38. The van der Waals surface area contributed by atoms with Gasteiger partial charge in [0.1, 0.15) is 11.7 Å². The number of nitrogens with zero attached hydrogens (tertiary/aromatic N) is 4. The minimum Gasteiger partial charge on any atom is -0.314 e. The van der Waals surface area contributed by atoms with Crippen molar-refractivity contribution in [3.8, 4) is 11.1 Å². The SMILES string of the molecule is O=C1N(Cc2ncc3ccccc3c2-c2cncnc2)c2ccccc2C12CNC2. The Morgan fingerprint density at radius 3 is 2.53 bits per heavy atom. The molecule has 2 aromatic carbocycles. The molecule has 1 N–H and O–H groups in total. The van der Waals surface area contributed by atoms with Crippen LogP contribution >= 0.6 is 0 Å². The predicted octanol–water partition coefficient (Wildman–Crippen LogP) is 3.08. The third-order valence-electron chi connectivity index (χ3n) is 6.25. The van der Waals surface area contributed by atoms with Gasteiger partial charge in [-0.25, -0.2) is 9.97 Å². The number of nitrogens with one attached hydrogen (secondary N) is 1. The number of fused-ring (bicyclic) bond motifs is 3. The maximum atomic E-state index is 13.5. The van der Waals surface area contributed by atoms with Gasteiger partial charge in [-0.2, -0.15) is 0 Å². The molecule has 0 radical (unpaired) electrons. The summed E-state index contributed by atoms with van der Waals surface area (Å²) in [6.45, 7) is 1.78. The normalized spacial score (nSPS) is 16.7. The molecule has 0 aliphatic carbocycles. The number of benzene rings is 2. The smallest absolute Gasteiger partial charge is 0.240 e. The summed E-state index contributed by atoms with van der Waals surface area (Å²) in [5, 5.41) is 5.41. The zero-order chi connectivity index (χ0) is 20.1. The molecule has 0 unspecified atom stereocenters. The molecule has 146 valence electrons. The predicted molar refractivity (Wildman–Crippen MR) is 115 cm³/mol. The first kappa shape index (κ1) is 17.2. The van der Waals surface area contributed by atoms with E-state index >= 15 is 0 Å². The first-order chi connectivity index (χ1) is 14.8. The van der Waals surface area contributed by atoms with Crippen LogP contribution in [-0.2, 0) is 16.8 Å². The zero-order valence-electron chi connectivity index (χ0n) is 16.2. The van der Waals surface area contributed by atoms with Gasteiger partial charge in [-0.15, -0.1) is 0 Å². The average Bonchev–Trinajstić information content (AvgIpc) is 3.02. The number of hydrogen-bond donors (Lipinski definition) is 1. The highest BCUT2D eigenvalue weighted by atomic mass is 16.2. The van der Waals surface area contributed by atoms with E-state index < -0.39 is 5.41 Å². The Kier molecular flexibility index (Phi) is 3.70. The van der Waals surface area contributed by atoms with E-state index in [9.17, 15) is 4.79 Å². The number of carbonyl (C=O) groups is 1. The summed E-state index contributed by atoms with van der Waals surface area (Å²) in [5.74, 6) is 0.146. The summed E-state index contributed by atoms with van der Waals surface area (Å²) in [7, 11) is 0. The fourth-order valence-electron chi connectivity index (χ4n) is 4.69. The van der Waals surface area contributed by atoms with Gasteiger partial charge in [0, 0.05) is 53.9 Å². The summed E-state index contributed by atoms with van der Waals surface area (Å²) in [5.41, 5.74) is 4.37. The van der Waals surface area contributed by atoms with E-state index in [1.54, 1.807) is 12.4 Å². The quantitative estimate of drug-likeness (QED) is 0.579. The summed E-state index contributed by atoms with van der Waals surface area (Å²) < 4.78 is 0. The Bertz CT molecular complexity index is 1280. The van der Waals surface area contributed by atoms with Crippen molar-refractivity contribution in [2.24, 2.45) is 0 Å². The van der Waals surface area contributed by atoms with E-state index in [2.05, 4.69) is 27.4 Å². The molecule has 6 rings (SSSR count). The number of rotatable bonds is 3. The molecule has 4 heterocycles. The number of anilines is 1. The molecule has 30 heavy (non-hydrogen) atoms. The summed E-state index contributed by atoms with van der Waals surface area (Å²) in [6.07, 6.45) is 7.01. The number of aromatic nitrogens is 3. The van der Waals surface area contributed by atoms with Crippen LogP contribution in [0.4, 0.5) is 5.69 Å². The van der Waals surface area contributed by atoms with E-state index in [-0.39, 0.29) is 5.91 Å². The van der Waals surface area contributed by atoms with Gasteiger partial charge in [0.05, 0.1) is 12.2 Å². The number of pyridine rings is 1. The van der Waals surface area contributed by atoms with Crippen LogP contribution < -0.4 is 10.2 Å². The van der Waals surface area contributed by atoms with Gasteiger partial charge in [0.15, 0.2) is 0 Å². The zero-order valence-corrected chi connectivity index (χ0v) is 16.2. The van der Waals surface area contributed by atoms with Crippen LogP contribution in [0.3, 0.4) is 0 Å². The lowest BCUT2D eigenvalue weighted by Crippen LogP contribution is -2.61. The molecule has 4 aromatic rings. The van der Waals surface area contributed by atoms with E-state index in [0.29, 0.717) is 19.6 Å². The van der Waals surface area contributed by atoms with Crippen molar-refractivity contribution < 1.29 is 4.79 Å². The maximum absolute atomic E-state index is 13.5. The molecule has 6 heteroatoms. The van der Waals surface area contributed by atoms with Gasteiger partial charge in [0.25, 0.3) is 0 Å². The lowest BCUT2D eigenvalue weighted by atomic mass is 9.76. The Morgan fingerprint density at radius 2 is 1.73 bits per heavy atom. The third-order valence-corrected chi connectivity index (χ3v) is 6.25. The van der Waals surface area contributed by atoms with Crippen molar-refractivity contribution in [2.45, 2.75) is 12.0 Å². The van der Waals surface area contributed by atoms with Gasteiger partial charge in [-0.3, -0.25) is 9.78 Å². The van der Waals surface area contributed by atoms with Crippen molar-refractivity contribution in [1.29, 1.82) is 0 Å². The van der Waals surface area contributed by atoms with E-state index in [1.165, 1.54) is 6.33 Å². The van der Waals surface area contributed by atoms with Crippen LogP contribution in [0.5, 0.6) is 0 Å². The lowest BCUT2D eigenvalue weighted by molar-refractivity contribution is -0.125. The molecule has 6 nitrogen and oxygen atoms in total. The van der Waals surface area contributed by atoms with Crippen LogP contribution in [0.15, 0.2) is 73.4 Å². The first-order valence-corrected chi connectivity index (χ1v) is 10.0. The Morgan fingerprint density at radius 1 is 0.967 bits per heavy atom. The van der Waals surface area contributed by atoms with Gasteiger partial charge in [-0.1, -0.05) is 42.5 Å². The highest BCUT2D eigenvalue weighted by Crippen LogP contribution is 2.45. The number of para-hydroxylation sites is 1. The summed E-state index contributed by atoms with van der Waals surface area (Å²) in [6, 6.07) is 16.3. The number of carbonyl (C=O) groups excluding carboxylic acids is 1. The van der Waals surface area contributed by atoms with Gasteiger partial charge in [-0.05, 0) is 17.0 Å². The Hall–Kier alpha value is -3.64. The van der Waals surface area contributed by atoms with Gasteiger partial charge in [0.2, 0.25) is 5.91 Å². The first-order valence-electron chi connectivity index (χ1n) is 10.0. The molecular weight excluding hydrogens is 374 g/mol. The maximum Gasteiger partial charge on any atom is 0.240 e. The molecular formula is C24H19N5O. The topological polar surface area (TPSA) is 71.0 Å². The summed E-state index contributed by atoms with van der Waals surface area (Å²) in [4.78, 5) is 28.6. The number of amides is 1. The van der Waals surface area contributed by atoms with Crippen molar-refractivity contribution in [2.75, 3.05) is 18.0 Å². The molecule has 1 fully saturated rings. The standard InChI is InChI=1S/C24H19N5O/c30-23-24(13-27-14-24)19-7-3-4-8-21(19)29(23)12-20-22(17-9-25-15-26-10-17)18-6-2-1-5-16(18)11-28-20/h1-11,15,27H,12-14H2. The van der Waals surface area contributed by atoms with Gasteiger partial charge >= 0.3 is 0 Å². The summed E-state index contributed by atoms with van der Waals surface area (Å²) >= 11 is 0. The monoisotopic (exact) mass is 393 g/mol. The fourth-order valence-corrected chi connectivity index (χ4v) is 4.69. The van der Waals surface area contributed by atoms with Crippen molar-refractivity contribution in [3.63, 3.8) is 0 Å². The molecule has 2 aliphatic heterocycles. The highest BCUT2D eigenvalue weighted by Gasteiger charge is 2.54. The molecule has 0 bridgehead atoms. The van der Waals surface area contributed by atoms with E-state index in [0.717, 1.165) is 38.8 Å². The van der Waals surface area contributed by atoms with Crippen LogP contribution in [0.25, 0.3) is 21.9 Å².